The number of carbonyl (C=O) groups excluding carboxylic acids is 2. The van der Waals surface area contributed by atoms with Crippen LogP contribution in [0.3, 0.4) is 0 Å². The van der Waals surface area contributed by atoms with Crippen molar-refractivity contribution in [3.63, 3.8) is 0 Å². The Morgan fingerprint density at radius 3 is 2.42 bits per heavy atom. The van der Waals surface area contributed by atoms with Crippen LogP contribution in [0.4, 0.5) is 4.79 Å². The fourth-order valence-corrected chi connectivity index (χ4v) is 2.85. The van der Waals surface area contributed by atoms with Crippen LogP contribution in [0.1, 0.15) is 45.7 Å². The Bertz CT molecular complexity index is 593. The topological polar surface area (TPSA) is 70.7 Å². The van der Waals surface area contributed by atoms with E-state index in [4.69, 9.17) is 4.74 Å². The van der Waals surface area contributed by atoms with Crippen LogP contribution in [0.5, 0.6) is 5.75 Å². The zero-order valence-electron chi connectivity index (χ0n) is 15.1. The molecule has 2 unspecified atom stereocenters. The van der Waals surface area contributed by atoms with Crippen LogP contribution in [0, 0.1) is 0 Å². The van der Waals surface area contributed by atoms with Gasteiger partial charge in [-0.15, -0.1) is 0 Å². The fourth-order valence-electron chi connectivity index (χ4n) is 2.85. The molecule has 2 rings (SSSR count). The van der Waals surface area contributed by atoms with Gasteiger partial charge in [-0.3, -0.25) is 4.79 Å². The molecule has 1 aliphatic rings. The van der Waals surface area contributed by atoms with Gasteiger partial charge in [0.25, 0.3) is 0 Å². The molecule has 1 saturated heterocycles. The van der Waals surface area contributed by atoms with E-state index in [9.17, 15) is 9.59 Å². The number of nitrogens with one attached hydrogen (secondary N) is 2. The first-order valence-corrected chi connectivity index (χ1v) is 8.22. The predicted octanol–water partition coefficient (Wildman–Crippen LogP) is 2.45. The molecule has 6 heteroatoms. The van der Waals surface area contributed by atoms with Crippen molar-refractivity contribution in [2.24, 2.45) is 0 Å². The number of likely N-dealkylation sites (tertiary alicyclic amines) is 1. The molecule has 0 saturated carbocycles. The second-order valence-corrected chi connectivity index (χ2v) is 7.19. The van der Waals surface area contributed by atoms with Crippen molar-refractivity contribution in [1.29, 1.82) is 0 Å². The minimum atomic E-state index is -0.258. The van der Waals surface area contributed by atoms with Gasteiger partial charge in [0.15, 0.2) is 0 Å². The zero-order valence-corrected chi connectivity index (χ0v) is 15.1. The predicted molar refractivity (Wildman–Crippen MR) is 92.9 cm³/mol. The second-order valence-electron chi connectivity index (χ2n) is 7.19. The summed E-state index contributed by atoms with van der Waals surface area (Å²) < 4.78 is 5.13. The summed E-state index contributed by atoms with van der Waals surface area (Å²) in [7, 11) is 1.62. The maximum atomic E-state index is 12.2. The van der Waals surface area contributed by atoms with E-state index >= 15 is 0 Å². The van der Waals surface area contributed by atoms with E-state index in [0.29, 0.717) is 13.0 Å². The standard InChI is InChI=1S/C18H27N3O3/c1-12(13-6-8-15(24-5)9-7-13)19-17(23)20-14-10-16(22)21(11-14)18(2,3)4/h6-9,12,14H,10-11H2,1-5H3,(H2,19,20,23). The van der Waals surface area contributed by atoms with Gasteiger partial charge in [-0.2, -0.15) is 0 Å². The van der Waals surface area contributed by atoms with Gasteiger partial charge in [0, 0.05) is 18.5 Å². The molecule has 1 fully saturated rings. The smallest absolute Gasteiger partial charge is 0.315 e. The van der Waals surface area contributed by atoms with E-state index < -0.39 is 0 Å². The highest BCUT2D eigenvalue weighted by Crippen LogP contribution is 2.22. The molecule has 2 atom stereocenters. The van der Waals surface area contributed by atoms with Crippen LogP contribution >= 0.6 is 0 Å². The van der Waals surface area contributed by atoms with Gasteiger partial charge in [0.05, 0.1) is 19.2 Å². The number of hydrogen-bond donors (Lipinski definition) is 2. The van der Waals surface area contributed by atoms with Gasteiger partial charge in [0.2, 0.25) is 5.91 Å². The van der Waals surface area contributed by atoms with Crippen LogP contribution < -0.4 is 15.4 Å². The van der Waals surface area contributed by atoms with E-state index in [2.05, 4.69) is 10.6 Å². The van der Waals surface area contributed by atoms with E-state index in [0.717, 1.165) is 11.3 Å². The number of amides is 3. The fraction of sp³-hybridized carbons (Fsp3) is 0.556. The molecule has 0 aliphatic carbocycles. The molecule has 0 bridgehead atoms. The number of methoxy groups -OCH3 is 1. The monoisotopic (exact) mass is 333 g/mol. The molecule has 1 aliphatic heterocycles. The Morgan fingerprint density at radius 1 is 1.29 bits per heavy atom. The van der Waals surface area contributed by atoms with Crippen LogP contribution in [0.2, 0.25) is 0 Å². The second kappa shape index (κ2) is 7.11. The number of nitrogens with zero attached hydrogens (tertiary/aromatic N) is 1. The van der Waals surface area contributed by atoms with Gasteiger partial charge in [-0.25, -0.2) is 4.79 Å². The van der Waals surface area contributed by atoms with Crippen LogP contribution in [-0.4, -0.2) is 42.1 Å². The van der Waals surface area contributed by atoms with Crippen molar-refractivity contribution in [3.8, 4) is 5.75 Å². The van der Waals surface area contributed by atoms with E-state index in [1.54, 1.807) is 7.11 Å². The van der Waals surface area contributed by atoms with E-state index in [1.165, 1.54) is 0 Å². The van der Waals surface area contributed by atoms with Gasteiger partial charge < -0.3 is 20.3 Å². The molecule has 3 amide bonds. The third kappa shape index (κ3) is 4.40. The summed E-state index contributed by atoms with van der Waals surface area (Å²) in [5.41, 5.74) is 0.769. The molecular weight excluding hydrogens is 306 g/mol. The molecule has 1 aromatic carbocycles. The molecule has 2 N–H and O–H groups in total. The maximum absolute atomic E-state index is 12.2. The Kier molecular flexibility index (Phi) is 5.36. The maximum Gasteiger partial charge on any atom is 0.315 e. The van der Waals surface area contributed by atoms with Gasteiger partial charge in [0.1, 0.15) is 5.75 Å². The third-order valence-corrected chi connectivity index (χ3v) is 4.23. The van der Waals surface area contributed by atoms with Crippen LogP contribution in [-0.2, 0) is 4.79 Å². The van der Waals surface area contributed by atoms with Crippen molar-refractivity contribution in [2.75, 3.05) is 13.7 Å². The normalized spacial score (nSPS) is 19.1. The van der Waals surface area contributed by atoms with Gasteiger partial charge in [-0.1, -0.05) is 12.1 Å². The lowest BCUT2D eigenvalue weighted by Gasteiger charge is -2.32. The number of carbonyl (C=O) groups is 2. The molecule has 0 spiro atoms. The van der Waals surface area contributed by atoms with Crippen molar-refractivity contribution in [2.45, 2.75) is 51.7 Å². The summed E-state index contributed by atoms with van der Waals surface area (Å²) in [6.45, 7) is 8.46. The first kappa shape index (κ1) is 18.1. The number of ether oxygens (including phenoxy) is 1. The number of hydrogen-bond acceptors (Lipinski definition) is 3. The quantitative estimate of drug-likeness (QED) is 0.889. The lowest BCUT2D eigenvalue weighted by molar-refractivity contribution is -0.131. The van der Waals surface area contributed by atoms with Crippen molar-refractivity contribution in [3.05, 3.63) is 29.8 Å². The van der Waals surface area contributed by atoms with Crippen LogP contribution in [0.15, 0.2) is 24.3 Å². The number of urea groups is 1. The highest BCUT2D eigenvalue weighted by atomic mass is 16.5. The zero-order chi connectivity index (χ0) is 17.9. The van der Waals surface area contributed by atoms with Crippen molar-refractivity contribution >= 4 is 11.9 Å². The van der Waals surface area contributed by atoms with Gasteiger partial charge >= 0.3 is 6.03 Å². The lowest BCUT2D eigenvalue weighted by atomic mass is 10.1. The summed E-state index contributed by atoms with van der Waals surface area (Å²) in [6, 6.07) is 7.03. The minimum absolute atomic E-state index is 0.0796. The Morgan fingerprint density at radius 2 is 1.92 bits per heavy atom. The molecule has 24 heavy (non-hydrogen) atoms. The summed E-state index contributed by atoms with van der Waals surface area (Å²) in [5.74, 6) is 0.859. The Labute approximate surface area is 143 Å². The SMILES string of the molecule is COc1ccc(C(C)NC(=O)NC2CC(=O)N(C(C)(C)C)C2)cc1. The highest BCUT2D eigenvalue weighted by molar-refractivity contribution is 5.82. The average molecular weight is 333 g/mol. The third-order valence-electron chi connectivity index (χ3n) is 4.23. The average Bonchev–Trinajstić information content (AvgIpc) is 2.87. The van der Waals surface area contributed by atoms with E-state index in [1.807, 2.05) is 56.9 Å². The summed E-state index contributed by atoms with van der Waals surface area (Å²) in [4.78, 5) is 26.1. The summed E-state index contributed by atoms with van der Waals surface area (Å²) in [5, 5.41) is 5.81. The molecule has 6 nitrogen and oxygen atoms in total. The Hall–Kier alpha value is -2.24. The van der Waals surface area contributed by atoms with Crippen molar-refractivity contribution < 1.29 is 14.3 Å². The first-order chi connectivity index (χ1) is 11.2. The molecular formula is C18H27N3O3. The lowest BCUT2D eigenvalue weighted by Crippen LogP contribution is -2.46. The minimum Gasteiger partial charge on any atom is -0.497 e. The molecule has 132 valence electrons. The largest absolute Gasteiger partial charge is 0.497 e. The highest BCUT2D eigenvalue weighted by Gasteiger charge is 2.36. The van der Waals surface area contributed by atoms with Gasteiger partial charge in [-0.05, 0) is 45.4 Å². The number of rotatable bonds is 4. The molecule has 0 aromatic heterocycles. The van der Waals surface area contributed by atoms with Crippen LogP contribution in [0.25, 0.3) is 0 Å². The van der Waals surface area contributed by atoms with E-state index in [-0.39, 0.29) is 29.6 Å². The Balaban J connectivity index is 1.88. The first-order valence-electron chi connectivity index (χ1n) is 8.22. The number of benzene rings is 1. The molecule has 0 radical (unpaired) electrons. The van der Waals surface area contributed by atoms with Crippen molar-refractivity contribution in [1.82, 2.24) is 15.5 Å². The summed E-state index contributed by atoms with van der Waals surface area (Å²) in [6.07, 6.45) is 0.349. The summed E-state index contributed by atoms with van der Waals surface area (Å²) >= 11 is 0. The molecule has 1 heterocycles. The molecule has 1 aromatic rings.